The minimum atomic E-state index is -0.892. The number of aliphatic hydroxyl groups is 1. The molecule has 0 aliphatic rings. The second-order valence-corrected chi connectivity index (χ2v) is 4.40. The third kappa shape index (κ3) is 3.42. The third-order valence-corrected chi connectivity index (χ3v) is 3.04. The highest BCUT2D eigenvalue weighted by molar-refractivity contribution is 5.69. The smallest absolute Gasteiger partial charge is 0.303 e. The molecular weight excluding hydrogens is 240 g/mol. The van der Waals surface area contributed by atoms with Crippen molar-refractivity contribution in [1.82, 2.24) is 0 Å². The molecule has 0 fully saturated rings. The summed E-state index contributed by atoms with van der Waals surface area (Å²) in [6, 6.07) is 17.3. The summed E-state index contributed by atoms with van der Waals surface area (Å²) in [5, 5.41) is 18.8. The number of aliphatic carboxylic acids is 1. The van der Waals surface area contributed by atoms with E-state index in [0.29, 0.717) is 0 Å². The molecule has 0 spiro atoms. The molecule has 0 heterocycles. The van der Waals surface area contributed by atoms with Crippen molar-refractivity contribution in [2.24, 2.45) is 0 Å². The van der Waals surface area contributed by atoms with E-state index in [0.717, 1.165) is 16.7 Å². The average Bonchev–Trinajstić information content (AvgIpc) is 2.45. The van der Waals surface area contributed by atoms with Crippen LogP contribution >= 0.6 is 0 Å². The van der Waals surface area contributed by atoms with E-state index in [1.54, 1.807) is 0 Å². The topological polar surface area (TPSA) is 57.5 Å². The Bertz CT molecular complexity index is 549. The second kappa shape index (κ2) is 6.16. The molecule has 1 atom stereocenters. The van der Waals surface area contributed by atoms with E-state index in [-0.39, 0.29) is 12.8 Å². The van der Waals surface area contributed by atoms with Gasteiger partial charge in [-0.25, -0.2) is 0 Å². The molecule has 0 aromatic heterocycles. The number of carboxylic acid groups (broad SMARTS) is 1. The van der Waals surface area contributed by atoms with Crippen molar-refractivity contribution in [3.05, 3.63) is 60.2 Å². The molecular formula is C16H16O3. The number of hydrogen-bond acceptors (Lipinski definition) is 2. The molecule has 0 saturated carbocycles. The summed E-state index contributed by atoms with van der Waals surface area (Å²) in [7, 11) is 0. The monoisotopic (exact) mass is 256 g/mol. The third-order valence-electron chi connectivity index (χ3n) is 3.04. The van der Waals surface area contributed by atoms with Crippen molar-refractivity contribution in [3.63, 3.8) is 0 Å². The maximum absolute atomic E-state index is 10.6. The van der Waals surface area contributed by atoms with Gasteiger partial charge in [0.15, 0.2) is 0 Å². The normalized spacial score (nSPS) is 12.1. The van der Waals surface area contributed by atoms with Crippen molar-refractivity contribution in [3.8, 4) is 11.1 Å². The van der Waals surface area contributed by atoms with Crippen LogP contribution in [0.5, 0.6) is 0 Å². The molecule has 0 aliphatic carbocycles. The molecule has 0 radical (unpaired) electrons. The van der Waals surface area contributed by atoms with Crippen molar-refractivity contribution in [1.29, 1.82) is 0 Å². The Labute approximate surface area is 112 Å². The van der Waals surface area contributed by atoms with Gasteiger partial charge in [0.25, 0.3) is 0 Å². The first-order chi connectivity index (χ1) is 9.18. The van der Waals surface area contributed by atoms with Crippen LogP contribution in [-0.2, 0) is 4.79 Å². The van der Waals surface area contributed by atoms with Gasteiger partial charge < -0.3 is 10.2 Å². The van der Waals surface area contributed by atoms with Crippen LogP contribution < -0.4 is 0 Å². The molecule has 2 rings (SSSR count). The van der Waals surface area contributed by atoms with E-state index in [1.165, 1.54) is 0 Å². The predicted octanol–water partition coefficient (Wildman–Crippen LogP) is 3.25. The van der Waals surface area contributed by atoms with Crippen LogP contribution in [0.15, 0.2) is 54.6 Å². The van der Waals surface area contributed by atoms with Crippen LogP contribution in [0.1, 0.15) is 24.5 Å². The van der Waals surface area contributed by atoms with Crippen LogP contribution in [0.3, 0.4) is 0 Å². The van der Waals surface area contributed by atoms with E-state index in [1.807, 2.05) is 54.6 Å². The lowest BCUT2D eigenvalue weighted by Crippen LogP contribution is -2.03. The van der Waals surface area contributed by atoms with E-state index >= 15 is 0 Å². The molecule has 0 amide bonds. The predicted molar refractivity (Wildman–Crippen MR) is 73.7 cm³/mol. The molecule has 1 unspecified atom stereocenters. The summed E-state index contributed by atoms with van der Waals surface area (Å²) in [6.45, 7) is 0. The van der Waals surface area contributed by atoms with E-state index < -0.39 is 12.1 Å². The van der Waals surface area contributed by atoms with Crippen molar-refractivity contribution in [2.75, 3.05) is 0 Å². The molecule has 2 aromatic carbocycles. The Morgan fingerprint density at radius 2 is 1.63 bits per heavy atom. The fourth-order valence-electron chi connectivity index (χ4n) is 2.08. The number of aliphatic hydroxyl groups excluding tert-OH is 1. The maximum Gasteiger partial charge on any atom is 0.303 e. The number of carboxylic acids is 1. The van der Waals surface area contributed by atoms with Crippen LogP contribution in [0, 0.1) is 0 Å². The maximum atomic E-state index is 10.6. The first kappa shape index (κ1) is 13.3. The molecule has 3 heteroatoms. The largest absolute Gasteiger partial charge is 0.481 e. The van der Waals surface area contributed by atoms with Gasteiger partial charge >= 0.3 is 5.97 Å². The summed E-state index contributed by atoms with van der Waals surface area (Å²) < 4.78 is 0. The fourth-order valence-corrected chi connectivity index (χ4v) is 2.08. The van der Waals surface area contributed by atoms with Gasteiger partial charge in [-0.15, -0.1) is 0 Å². The molecule has 0 saturated heterocycles. The lowest BCUT2D eigenvalue weighted by molar-refractivity contribution is -0.137. The zero-order valence-electron chi connectivity index (χ0n) is 10.5. The van der Waals surface area contributed by atoms with Gasteiger partial charge in [-0.1, -0.05) is 54.6 Å². The van der Waals surface area contributed by atoms with Crippen molar-refractivity contribution in [2.45, 2.75) is 18.9 Å². The lowest BCUT2D eigenvalue weighted by atomic mass is 9.94. The molecule has 3 nitrogen and oxygen atoms in total. The van der Waals surface area contributed by atoms with E-state index in [9.17, 15) is 9.90 Å². The van der Waals surface area contributed by atoms with E-state index in [4.69, 9.17) is 5.11 Å². The summed E-state index contributed by atoms with van der Waals surface area (Å²) in [4.78, 5) is 10.6. The minimum Gasteiger partial charge on any atom is -0.481 e. The standard InChI is InChI=1S/C16H16O3/c17-15(10-11-16(18)19)14-9-5-4-8-13(14)12-6-2-1-3-7-12/h1-9,15,17H,10-11H2,(H,18,19). The number of rotatable bonds is 5. The zero-order valence-corrected chi connectivity index (χ0v) is 10.5. The van der Waals surface area contributed by atoms with Crippen LogP contribution in [0.2, 0.25) is 0 Å². The molecule has 2 aromatic rings. The van der Waals surface area contributed by atoms with Crippen LogP contribution in [0.4, 0.5) is 0 Å². The summed E-state index contributed by atoms with van der Waals surface area (Å²) in [5.74, 6) is -0.892. The van der Waals surface area contributed by atoms with Gasteiger partial charge in [0.1, 0.15) is 0 Å². The Kier molecular flexibility index (Phi) is 4.31. The van der Waals surface area contributed by atoms with Gasteiger partial charge in [-0.2, -0.15) is 0 Å². The highest BCUT2D eigenvalue weighted by atomic mass is 16.4. The van der Waals surface area contributed by atoms with E-state index in [2.05, 4.69) is 0 Å². The minimum absolute atomic E-state index is 0.0374. The second-order valence-electron chi connectivity index (χ2n) is 4.40. The summed E-state index contributed by atoms with van der Waals surface area (Å²) >= 11 is 0. The average molecular weight is 256 g/mol. The number of carbonyl (C=O) groups is 1. The Balaban J connectivity index is 2.28. The SMILES string of the molecule is O=C(O)CCC(O)c1ccccc1-c1ccccc1. The summed E-state index contributed by atoms with van der Waals surface area (Å²) in [6.07, 6.45) is -0.573. The van der Waals surface area contributed by atoms with Gasteiger partial charge in [0.2, 0.25) is 0 Å². The van der Waals surface area contributed by atoms with Crippen LogP contribution in [-0.4, -0.2) is 16.2 Å². The van der Waals surface area contributed by atoms with Gasteiger partial charge in [-0.3, -0.25) is 4.79 Å². The number of benzene rings is 2. The Hall–Kier alpha value is -2.13. The molecule has 2 N–H and O–H groups in total. The molecule has 98 valence electrons. The van der Waals surface area contributed by atoms with Gasteiger partial charge in [-0.05, 0) is 23.1 Å². The highest BCUT2D eigenvalue weighted by Gasteiger charge is 2.14. The van der Waals surface area contributed by atoms with Crippen molar-refractivity contribution >= 4 is 5.97 Å². The summed E-state index contributed by atoms with van der Waals surface area (Å²) in [5.41, 5.74) is 2.74. The molecule has 0 aliphatic heterocycles. The molecule has 0 bridgehead atoms. The molecule has 19 heavy (non-hydrogen) atoms. The number of hydrogen-bond donors (Lipinski definition) is 2. The first-order valence-electron chi connectivity index (χ1n) is 6.22. The Morgan fingerprint density at radius 3 is 2.32 bits per heavy atom. The van der Waals surface area contributed by atoms with Gasteiger partial charge in [0, 0.05) is 6.42 Å². The van der Waals surface area contributed by atoms with Gasteiger partial charge in [0.05, 0.1) is 6.10 Å². The van der Waals surface area contributed by atoms with Crippen molar-refractivity contribution < 1.29 is 15.0 Å². The van der Waals surface area contributed by atoms with Crippen LogP contribution in [0.25, 0.3) is 11.1 Å². The quantitative estimate of drug-likeness (QED) is 0.863. The first-order valence-corrected chi connectivity index (χ1v) is 6.22. The highest BCUT2D eigenvalue weighted by Crippen LogP contribution is 2.30. The zero-order chi connectivity index (χ0) is 13.7. The lowest BCUT2D eigenvalue weighted by Gasteiger charge is -2.15. The Morgan fingerprint density at radius 1 is 1.00 bits per heavy atom. The fraction of sp³-hybridized carbons (Fsp3) is 0.188.